The number of nitrogens with zero attached hydrogens (tertiary/aromatic N) is 2. The summed E-state index contributed by atoms with van der Waals surface area (Å²) in [5, 5.41) is 10.7. The summed E-state index contributed by atoms with van der Waals surface area (Å²) in [6.45, 7) is 5.91. The molecule has 1 aromatic heterocycles. The van der Waals surface area contributed by atoms with Gasteiger partial charge in [-0.1, -0.05) is 57.6 Å². The number of halogens is 1. The summed E-state index contributed by atoms with van der Waals surface area (Å²) in [5.41, 5.74) is 1.72. The number of hydrogen-bond acceptors (Lipinski definition) is 7. The fraction of sp³-hybridized carbons (Fsp3) is 0.240. The summed E-state index contributed by atoms with van der Waals surface area (Å²) in [6, 6.07) is 12.0. The van der Waals surface area contributed by atoms with Gasteiger partial charge in [0.15, 0.2) is 16.3 Å². The first-order valence-electron chi connectivity index (χ1n) is 10.8. The minimum Gasteiger partial charge on any atom is -0.504 e. The lowest BCUT2D eigenvalue weighted by molar-refractivity contribution is -0.139. The molecule has 0 aliphatic carbocycles. The summed E-state index contributed by atoms with van der Waals surface area (Å²) >= 11 is 4.62. The van der Waals surface area contributed by atoms with E-state index in [1.165, 1.54) is 15.9 Å². The first-order chi connectivity index (χ1) is 16.3. The minimum absolute atomic E-state index is 0.0566. The van der Waals surface area contributed by atoms with Crippen molar-refractivity contribution in [2.75, 3.05) is 13.2 Å². The van der Waals surface area contributed by atoms with Crippen molar-refractivity contribution in [3.05, 3.63) is 89.0 Å². The maximum Gasteiger partial charge on any atom is 0.338 e. The third-order valence-corrected chi connectivity index (χ3v) is 6.73. The molecule has 0 saturated carbocycles. The van der Waals surface area contributed by atoms with Crippen molar-refractivity contribution < 1.29 is 19.4 Å². The standard InChI is InChI=1S/C25H23BrN2O5S/c1-4-32-18-13-17(26)11-16(22(18)29)12-19-23(30)28-21(15-9-7-6-8-10-15)20(24(31)33-5-2)14(3)27-25(28)34-19/h6-13,21,29H,4-5H2,1-3H3. The lowest BCUT2D eigenvalue weighted by Crippen LogP contribution is -2.39. The zero-order chi connectivity index (χ0) is 24.4. The van der Waals surface area contributed by atoms with E-state index in [4.69, 9.17) is 9.47 Å². The first kappa shape index (κ1) is 24.0. The molecule has 1 unspecified atom stereocenters. The van der Waals surface area contributed by atoms with E-state index >= 15 is 0 Å². The number of benzene rings is 2. The van der Waals surface area contributed by atoms with Crippen molar-refractivity contribution in [2.45, 2.75) is 26.8 Å². The molecule has 2 aromatic carbocycles. The molecule has 0 spiro atoms. The molecule has 0 amide bonds. The SMILES string of the molecule is CCOC(=O)C1=C(C)N=c2sc(=Cc3cc(Br)cc(OCC)c3O)c(=O)n2C1c1ccccc1. The van der Waals surface area contributed by atoms with Crippen LogP contribution in [0.15, 0.2) is 68.0 Å². The van der Waals surface area contributed by atoms with Crippen LogP contribution in [0.5, 0.6) is 11.5 Å². The van der Waals surface area contributed by atoms with Crippen LogP contribution < -0.4 is 19.6 Å². The van der Waals surface area contributed by atoms with Crippen LogP contribution in [0.1, 0.15) is 37.9 Å². The van der Waals surface area contributed by atoms with Gasteiger partial charge in [0.2, 0.25) is 0 Å². The van der Waals surface area contributed by atoms with Crippen molar-refractivity contribution >= 4 is 39.3 Å². The number of phenols is 1. The van der Waals surface area contributed by atoms with E-state index in [0.29, 0.717) is 43.0 Å². The second kappa shape index (κ2) is 9.99. The van der Waals surface area contributed by atoms with Gasteiger partial charge in [-0.25, -0.2) is 9.79 Å². The Morgan fingerprint density at radius 1 is 1.24 bits per heavy atom. The van der Waals surface area contributed by atoms with Gasteiger partial charge >= 0.3 is 5.97 Å². The number of fused-ring (bicyclic) bond motifs is 1. The summed E-state index contributed by atoms with van der Waals surface area (Å²) in [7, 11) is 0. The molecular formula is C25H23BrN2O5S. The predicted molar refractivity (Wildman–Crippen MR) is 134 cm³/mol. The molecule has 2 heterocycles. The van der Waals surface area contributed by atoms with Crippen LogP contribution in [0.3, 0.4) is 0 Å². The molecule has 176 valence electrons. The van der Waals surface area contributed by atoms with E-state index < -0.39 is 12.0 Å². The lowest BCUT2D eigenvalue weighted by atomic mass is 9.96. The Morgan fingerprint density at radius 2 is 1.97 bits per heavy atom. The molecule has 0 bridgehead atoms. The van der Waals surface area contributed by atoms with Crippen molar-refractivity contribution in [1.29, 1.82) is 0 Å². The zero-order valence-corrected chi connectivity index (χ0v) is 21.3. The highest BCUT2D eigenvalue weighted by Gasteiger charge is 2.33. The van der Waals surface area contributed by atoms with Gasteiger partial charge in [-0.05, 0) is 44.5 Å². The highest BCUT2D eigenvalue weighted by atomic mass is 79.9. The molecule has 1 atom stereocenters. The second-order valence-corrected chi connectivity index (χ2v) is 9.41. The third-order valence-electron chi connectivity index (χ3n) is 5.29. The maximum atomic E-state index is 13.6. The molecule has 1 aliphatic rings. The number of phenolic OH excluding ortho intramolecular Hbond substituents is 1. The predicted octanol–water partition coefficient (Wildman–Crippen LogP) is 3.67. The number of rotatable bonds is 6. The number of esters is 1. The topological polar surface area (TPSA) is 90.1 Å². The number of carbonyl (C=O) groups is 1. The molecule has 1 N–H and O–H groups in total. The number of aromatic hydroxyl groups is 1. The van der Waals surface area contributed by atoms with Crippen LogP contribution in [0.25, 0.3) is 6.08 Å². The van der Waals surface area contributed by atoms with Crippen LogP contribution in [0.2, 0.25) is 0 Å². The number of ether oxygens (including phenoxy) is 2. The average Bonchev–Trinajstić information content (AvgIpc) is 3.11. The molecule has 7 nitrogen and oxygen atoms in total. The highest BCUT2D eigenvalue weighted by molar-refractivity contribution is 9.10. The van der Waals surface area contributed by atoms with E-state index in [1.807, 2.05) is 37.3 Å². The van der Waals surface area contributed by atoms with Crippen LogP contribution in [0.4, 0.5) is 0 Å². The molecular weight excluding hydrogens is 520 g/mol. The zero-order valence-electron chi connectivity index (χ0n) is 18.9. The molecule has 9 heteroatoms. The summed E-state index contributed by atoms with van der Waals surface area (Å²) in [4.78, 5) is 31.5. The van der Waals surface area contributed by atoms with E-state index in [0.717, 1.165) is 5.56 Å². The molecule has 34 heavy (non-hydrogen) atoms. The van der Waals surface area contributed by atoms with E-state index in [2.05, 4.69) is 20.9 Å². The van der Waals surface area contributed by atoms with E-state index in [-0.39, 0.29) is 17.9 Å². The molecule has 1 aliphatic heterocycles. The average molecular weight is 543 g/mol. The monoisotopic (exact) mass is 542 g/mol. The van der Waals surface area contributed by atoms with E-state index in [9.17, 15) is 14.7 Å². The number of allylic oxidation sites excluding steroid dienone is 1. The molecule has 3 aromatic rings. The molecule has 0 saturated heterocycles. The number of aromatic nitrogens is 1. The van der Waals surface area contributed by atoms with Crippen LogP contribution in [-0.4, -0.2) is 28.9 Å². The summed E-state index contributed by atoms with van der Waals surface area (Å²) < 4.78 is 13.4. The fourth-order valence-electron chi connectivity index (χ4n) is 3.85. The number of hydrogen-bond donors (Lipinski definition) is 1. The van der Waals surface area contributed by atoms with Gasteiger partial charge in [-0.2, -0.15) is 0 Å². The van der Waals surface area contributed by atoms with E-state index in [1.54, 1.807) is 32.1 Å². The van der Waals surface area contributed by atoms with Gasteiger partial charge in [-0.3, -0.25) is 9.36 Å². The Balaban J connectivity index is 1.95. The van der Waals surface area contributed by atoms with Crippen molar-refractivity contribution in [2.24, 2.45) is 4.99 Å². The van der Waals surface area contributed by atoms with Crippen molar-refractivity contribution in [3.8, 4) is 11.5 Å². The van der Waals surface area contributed by atoms with Crippen molar-refractivity contribution in [3.63, 3.8) is 0 Å². The van der Waals surface area contributed by atoms with Crippen LogP contribution in [0, 0.1) is 0 Å². The van der Waals surface area contributed by atoms with Crippen LogP contribution >= 0.6 is 27.3 Å². The van der Waals surface area contributed by atoms with Gasteiger partial charge in [-0.15, -0.1) is 0 Å². The number of thiazole rings is 1. The Bertz CT molecular complexity index is 1460. The summed E-state index contributed by atoms with van der Waals surface area (Å²) in [6.07, 6.45) is 1.61. The van der Waals surface area contributed by atoms with Gasteiger partial charge < -0.3 is 14.6 Å². The molecule has 0 fully saturated rings. The Labute approximate surface area is 208 Å². The Kier molecular flexibility index (Phi) is 7.04. The molecule has 0 radical (unpaired) electrons. The van der Waals surface area contributed by atoms with Gasteiger partial charge in [0.1, 0.15) is 0 Å². The highest BCUT2D eigenvalue weighted by Crippen LogP contribution is 2.34. The maximum absolute atomic E-state index is 13.6. The third kappa shape index (κ3) is 4.45. The second-order valence-electron chi connectivity index (χ2n) is 7.49. The lowest BCUT2D eigenvalue weighted by Gasteiger charge is -2.24. The smallest absolute Gasteiger partial charge is 0.338 e. The van der Waals surface area contributed by atoms with Gasteiger partial charge in [0, 0.05) is 10.0 Å². The molecule has 4 rings (SSSR count). The Hall–Kier alpha value is -3.17. The normalized spacial score (nSPS) is 15.6. The first-order valence-corrected chi connectivity index (χ1v) is 12.4. The van der Waals surface area contributed by atoms with Gasteiger partial charge in [0.25, 0.3) is 5.56 Å². The van der Waals surface area contributed by atoms with Crippen LogP contribution in [-0.2, 0) is 9.53 Å². The van der Waals surface area contributed by atoms with Gasteiger partial charge in [0.05, 0.1) is 35.1 Å². The summed E-state index contributed by atoms with van der Waals surface area (Å²) in [5.74, 6) is -0.240. The minimum atomic E-state index is -0.672. The quantitative estimate of drug-likeness (QED) is 0.480. The number of carbonyl (C=O) groups excluding carboxylic acids is 1. The largest absolute Gasteiger partial charge is 0.504 e. The Morgan fingerprint density at radius 3 is 2.65 bits per heavy atom. The van der Waals surface area contributed by atoms with Crippen molar-refractivity contribution in [1.82, 2.24) is 4.57 Å². The fourth-order valence-corrected chi connectivity index (χ4v) is 5.35.